The van der Waals surface area contributed by atoms with Crippen LogP contribution >= 0.6 is 0 Å². The molecule has 3 aromatic rings. The van der Waals surface area contributed by atoms with E-state index in [1.54, 1.807) is 24.3 Å². The normalized spacial score (nSPS) is 18.1. The van der Waals surface area contributed by atoms with Gasteiger partial charge in [0.05, 0.1) is 4.90 Å². The number of hydrogen-bond acceptors (Lipinski definition) is 4. The molecular formula is C25H25NO4S. The van der Waals surface area contributed by atoms with Gasteiger partial charge in [0.15, 0.2) is 12.0 Å². The van der Waals surface area contributed by atoms with Crippen molar-refractivity contribution in [2.24, 2.45) is 0 Å². The third kappa shape index (κ3) is 4.86. The average Bonchev–Trinajstić information content (AvgIpc) is 2.74. The van der Waals surface area contributed by atoms with Gasteiger partial charge >= 0.3 is 0 Å². The number of carbonyl (C=O) groups is 1. The van der Waals surface area contributed by atoms with E-state index in [9.17, 15) is 13.2 Å². The Kier molecular flexibility index (Phi) is 5.94. The van der Waals surface area contributed by atoms with Gasteiger partial charge in [-0.25, -0.2) is 8.42 Å². The van der Waals surface area contributed by atoms with Crippen LogP contribution in [0.2, 0.25) is 0 Å². The van der Waals surface area contributed by atoms with Crippen molar-refractivity contribution < 1.29 is 17.9 Å². The first-order valence-corrected chi connectivity index (χ1v) is 11.7. The minimum absolute atomic E-state index is 0.0295. The summed E-state index contributed by atoms with van der Waals surface area (Å²) in [5, 5.41) is 0. The second kappa shape index (κ2) is 8.65. The van der Waals surface area contributed by atoms with Crippen molar-refractivity contribution in [2.75, 3.05) is 0 Å². The number of rotatable bonds is 6. The molecular weight excluding hydrogens is 410 g/mol. The van der Waals surface area contributed by atoms with Gasteiger partial charge in [0.2, 0.25) is 10.0 Å². The molecule has 0 saturated heterocycles. The fourth-order valence-electron chi connectivity index (χ4n) is 3.82. The van der Waals surface area contributed by atoms with Gasteiger partial charge in [-0.1, -0.05) is 65.7 Å². The number of ketones is 1. The second-order valence-electron chi connectivity index (χ2n) is 8.00. The van der Waals surface area contributed by atoms with Crippen molar-refractivity contribution in [3.05, 3.63) is 95.1 Å². The molecule has 1 heterocycles. The van der Waals surface area contributed by atoms with Crippen molar-refractivity contribution in [3.63, 3.8) is 0 Å². The average molecular weight is 436 g/mol. The maximum absolute atomic E-state index is 12.9. The van der Waals surface area contributed by atoms with Gasteiger partial charge in [-0.2, -0.15) is 4.72 Å². The zero-order valence-electron chi connectivity index (χ0n) is 17.5. The zero-order valence-corrected chi connectivity index (χ0v) is 18.4. The monoisotopic (exact) mass is 435 g/mol. The third-order valence-corrected chi connectivity index (χ3v) is 7.02. The van der Waals surface area contributed by atoms with Crippen LogP contribution in [0, 0.1) is 13.8 Å². The molecule has 0 spiro atoms. The van der Waals surface area contributed by atoms with Gasteiger partial charge in [-0.15, -0.1) is 0 Å². The highest BCUT2D eigenvalue weighted by molar-refractivity contribution is 7.89. The summed E-state index contributed by atoms with van der Waals surface area (Å²) in [7, 11) is -3.75. The van der Waals surface area contributed by atoms with Crippen LogP contribution in [0.4, 0.5) is 0 Å². The summed E-state index contributed by atoms with van der Waals surface area (Å²) in [5.74, 6) is 0.485. The Bertz CT molecular complexity index is 1180. The molecule has 6 heteroatoms. The Labute approximate surface area is 183 Å². The van der Waals surface area contributed by atoms with Crippen LogP contribution in [0.5, 0.6) is 5.75 Å². The van der Waals surface area contributed by atoms with Gasteiger partial charge in [0.25, 0.3) is 0 Å². The minimum atomic E-state index is -3.75. The Morgan fingerprint density at radius 3 is 2.23 bits per heavy atom. The standard InChI is InChI=1S/C25H25NO4S/c1-17-7-11-19(12-8-17)23(27)15-20-16-25(30-24-6-4-3-5-22(20)24)26-31(28,29)21-13-9-18(2)10-14-21/h3-14,20,25-26H,15-16H2,1-2H3/t20-,25+/m0/s1. The van der Waals surface area contributed by atoms with E-state index in [0.717, 1.165) is 16.7 Å². The molecule has 0 saturated carbocycles. The molecule has 0 aromatic heterocycles. The number of ether oxygens (including phenoxy) is 1. The predicted molar refractivity (Wildman–Crippen MR) is 120 cm³/mol. The van der Waals surface area contributed by atoms with Gasteiger partial charge in [0.1, 0.15) is 5.75 Å². The topological polar surface area (TPSA) is 72.5 Å². The van der Waals surface area contributed by atoms with Crippen molar-refractivity contribution in [1.82, 2.24) is 4.72 Å². The Hall–Kier alpha value is -2.96. The highest BCUT2D eigenvalue weighted by atomic mass is 32.2. The van der Waals surface area contributed by atoms with Crippen LogP contribution in [0.3, 0.4) is 0 Å². The lowest BCUT2D eigenvalue weighted by atomic mass is 9.86. The molecule has 0 bridgehead atoms. The first-order chi connectivity index (χ1) is 14.8. The molecule has 160 valence electrons. The summed E-state index contributed by atoms with van der Waals surface area (Å²) in [5.41, 5.74) is 3.66. The number of benzene rings is 3. The SMILES string of the molecule is Cc1ccc(C(=O)C[C@H]2C[C@H](NS(=O)(=O)c3ccc(C)cc3)Oc3ccccc32)cc1. The van der Waals surface area contributed by atoms with Gasteiger partial charge in [-0.3, -0.25) is 4.79 Å². The van der Waals surface area contributed by atoms with Crippen molar-refractivity contribution >= 4 is 15.8 Å². The molecule has 1 aliphatic rings. The van der Waals surface area contributed by atoms with Crippen LogP contribution in [-0.2, 0) is 10.0 Å². The Balaban J connectivity index is 1.56. The smallest absolute Gasteiger partial charge is 0.243 e. The number of fused-ring (bicyclic) bond motifs is 1. The molecule has 1 N–H and O–H groups in total. The summed E-state index contributed by atoms with van der Waals surface area (Å²) in [6, 6.07) is 21.7. The Morgan fingerprint density at radius 1 is 0.935 bits per heavy atom. The van der Waals surface area contributed by atoms with Crippen LogP contribution in [-0.4, -0.2) is 20.4 Å². The van der Waals surface area contributed by atoms with E-state index in [-0.39, 0.29) is 23.0 Å². The van der Waals surface area contributed by atoms with E-state index in [2.05, 4.69) is 4.72 Å². The lowest BCUT2D eigenvalue weighted by Gasteiger charge is -2.32. The summed E-state index contributed by atoms with van der Waals surface area (Å²) in [6.07, 6.45) is -0.0941. The van der Waals surface area contributed by atoms with E-state index < -0.39 is 16.3 Å². The number of para-hydroxylation sites is 1. The third-order valence-electron chi connectivity index (χ3n) is 5.55. The predicted octanol–water partition coefficient (Wildman–Crippen LogP) is 4.75. The number of aryl methyl sites for hydroxylation is 2. The number of hydrogen-bond donors (Lipinski definition) is 1. The lowest BCUT2D eigenvalue weighted by molar-refractivity contribution is 0.0943. The largest absolute Gasteiger partial charge is 0.474 e. The summed E-state index contributed by atoms with van der Waals surface area (Å²) < 4.78 is 34.3. The fraction of sp³-hybridized carbons (Fsp3) is 0.240. The van der Waals surface area contributed by atoms with Gasteiger partial charge in [-0.05, 0) is 43.5 Å². The highest BCUT2D eigenvalue weighted by Crippen LogP contribution is 2.38. The molecule has 0 amide bonds. The van der Waals surface area contributed by atoms with E-state index >= 15 is 0 Å². The summed E-state index contributed by atoms with van der Waals surface area (Å²) in [4.78, 5) is 13.1. The first kappa shape index (κ1) is 21.3. The zero-order chi connectivity index (χ0) is 22.0. The molecule has 0 fully saturated rings. The Morgan fingerprint density at radius 2 is 1.55 bits per heavy atom. The first-order valence-electron chi connectivity index (χ1n) is 10.3. The van der Waals surface area contributed by atoms with Gasteiger partial charge in [0, 0.05) is 18.4 Å². The second-order valence-corrected chi connectivity index (χ2v) is 9.72. The number of carbonyl (C=O) groups excluding carboxylic acids is 1. The molecule has 0 radical (unpaired) electrons. The molecule has 2 atom stereocenters. The minimum Gasteiger partial charge on any atom is -0.474 e. The van der Waals surface area contributed by atoms with E-state index in [0.29, 0.717) is 17.7 Å². The summed E-state index contributed by atoms with van der Waals surface area (Å²) in [6.45, 7) is 3.88. The quantitative estimate of drug-likeness (QED) is 0.567. The van der Waals surface area contributed by atoms with E-state index in [4.69, 9.17) is 4.74 Å². The number of nitrogens with one attached hydrogen (secondary N) is 1. The van der Waals surface area contributed by atoms with Crippen molar-refractivity contribution in [3.8, 4) is 5.75 Å². The van der Waals surface area contributed by atoms with E-state index in [1.807, 2.05) is 62.4 Å². The fourth-order valence-corrected chi connectivity index (χ4v) is 4.94. The van der Waals surface area contributed by atoms with E-state index in [1.165, 1.54) is 0 Å². The van der Waals surface area contributed by atoms with Crippen LogP contribution < -0.4 is 9.46 Å². The molecule has 0 unspecified atom stereocenters. The van der Waals surface area contributed by atoms with Crippen molar-refractivity contribution in [1.29, 1.82) is 0 Å². The molecule has 0 aliphatic carbocycles. The molecule has 3 aromatic carbocycles. The molecule has 1 aliphatic heterocycles. The maximum atomic E-state index is 12.9. The molecule has 4 rings (SSSR count). The van der Waals surface area contributed by atoms with Crippen LogP contribution in [0.25, 0.3) is 0 Å². The highest BCUT2D eigenvalue weighted by Gasteiger charge is 2.32. The summed E-state index contributed by atoms with van der Waals surface area (Å²) >= 11 is 0. The molecule has 31 heavy (non-hydrogen) atoms. The molecule has 5 nitrogen and oxygen atoms in total. The number of sulfonamides is 1. The number of Topliss-reactive ketones (excluding diaryl/α,β-unsaturated/α-hetero) is 1. The van der Waals surface area contributed by atoms with Crippen molar-refractivity contribution in [2.45, 2.75) is 43.7 Å². The van der Waals surface area contributed by atoms with Crippen LogP contribution in [0.1, 0.15) is 45.8 Å². The lowest BCUT2D eigenvalue weighted by Crippen LogP contribution is -2.42. The maximum Gasteiger partial charge on any atom is 0.243 e. The van der Waals surface area contributed by atoms with Crippen LogP contribution in [0.15, 0.2) is 77.7 Å². The van der Waals surface area contributed by atoms with Gasteiger partial charge < -0.3 is 4.74 Å².